The van der Waals surface area contributed by atoms with Gasteiger partial charge in [0.25, 0.3) is 5.91 Å². The Kier molecular flexibility index (Phi) is 6.03. The number of amides is 1. The maximum atomic E-state index is 12.3. The average Bonchev–Trinajstić information content (AvgIpc) is 3.16. The van der Waals surface area contributed by atoms with Crippen molar-refractivity contribution in [2.75, 3.05) is 5.32 Å². The van der Waals surface area contributed by atoms with Crippen molar-refractivity contribution in [2.24, 2.45) is 0 Å². The van der Waals surface area contributed by atoms with E-state index in [1.165, 1.54) is 18.2 Å². The van der Waals surface area contributed by atoms with E-state index >= 15 is 0 Å². The first-order valence-corrected chi connectivity index (χ1v) is 8.95. The summed E-state index contributed by atoms with van der Waals surface area (Å²) < 4.78 is 5.64. The predicted octanol–water partition coefficient (Wildman–Crippen LogP) is 5.50. The highest BCUT2D eigenvalue weighted by molar-refractivity contribution is 6.33. The number of halogens is 2. The Labute approximate surface area is 175 Å². The van der Waals surface area contributed by atoms with Crippen LogP contribution in [0.5, 0.6) is 0 Å². The smallest absolute Gasteiger partial charge is 0.337 e. The van der Waals surface area contributed by atoms with E-state index in [9.17, 15) is 14.9 Å². The third-order valence-corrected chi connectivity index (χ3v) is 4.43. The molecule has 3 rings (SSSR count). The van der Waals surface area contributed by atoms with Crippen LogP contribution in [0.15, 0.2) is 64.6 Å². The molecule has 2 aromatic carbocycles. The molecule has 0 aliphatic rings. The summed E-state index contributed by atoms with van der Waals surface area (Å²) in [4.78, 5) is 23.4. The van der Waals surface area contributed by atoms with Gasteiger partial charge >= 0.3 is 5.97 Å². The van der Waals surface area contributed by atoms with Crippen LogP contribution in [-0.2, 0) is 4.79 Å². The van der Waals surface area contributed by atoms with Crippen LogP contribution < -0.4 is 5.32 Å². The van der Waals surface area contributed by atoms with Gasteiger partial charge in [-0.15, -0.1) is 0 Å². The van der Waals surface area contributed by atoms with Crippen LogP contribution in [-0.4, -0.2) is 17.0 Å². The summed E-state index contributed by atoms with van der Waals surface area (Å²) in [5.41, 5.74) is 0.880. The fourth-order valence-electron chi connectivity index (χ4n) is 2.45. The van der Waals surface area contributed by atoms with Crippen LogP contribution in [0.1, 0.15) is 16.1 Å². The number of nitrogens with one attached hydrogen (secondary N) is 1. The fourth-order valence-corrected chi connectivity index (χ4v) is 2.84. The molecule has 0 radical (unpaired) electrons. The lowest BCUT2D eigenvalue weighted by atomic mass is 10.1. The second-order valence-corrected chi connectivity index (χ2v) is 6.68. The number of aromatic carboxylic acids is 1. The molecule has 1 amide bonds. The lowest BCUT2D eigenvalue weighted by Gasteiger charge is -2.04. The van der Waals surface area contributed by atoms with Gasteiger partial charge in [-0.25, -0.2) is 4.79 Å². The molecule has 0 atom stereocenters. The van der Waals surface area contributed by atoms with E-state index in [0.29, 0.717) is 22.0 Å². The molecule has 0 saturated carbocycles. The van der Waals surface area contributed by atoms with Gasteiger partial charge in [0, 0.05) is 22.3 Å². The maximum absolute atomic E-state index is 12.3. The highest BCUT2D eigenvalue weighted by Gasteiger charge is 2.13. The lowest BCUT2D eigenvalue weighted by molar-refractivity contribution is -0.112. The average molecular weight is 427 g/mol. The molecule has 1 heterocycles. The number of furan rings is 1. The van der Waals surface area contributed by atoms with Gasteiger partial charge in [-0.3, -0.25) is 4.79 Å². The van der Waals surface area contributed by atoms with Crippen molar-refractivity contribution in [2.45, 2.75) is 0 Å². The third kappa shape index (κ3) is 4.85. The van der Waals surface area contributed by atoms with Crippen molar-refractivity contribution in [1.82, 2.24) is 0 Å². The lowest BCUT2D eigenvalue weighted by Crippen LogP contribution is -2.13. The zero-order chi connectivity index (χ0) is 21.0. The highest BCUT2D eigenvalue weighted by atomic mass is 35.5. The molecule has 29 heavy (non-hydrogen) atoms. The van der Waals surface area contributed by atoms with Gasteiger partial charge in [0.05, 0.1) is 10.6 Å². The van der Waals surface area contributed by atoms with Crippen LogP contribution in [0.25, 0.3) is 17.4 Å². The zero-order valence-electron chi connectivity index (χ0n) is 14.6. The summed E-state index contributed by atoms with van der Waals surface area (Å²) in [5, 5.41) is 21.5. The summed E-state index contributed by atoms with van der Waals surface area (Å²) in [6.07, 6.45) is 1.31. The minimum absolute atomic E-state index is 0.0206. The van der Waals surface area contributed by atoms with E-state index in [0.717, 1.165) is 0 Å². The van der Waals surface area contributed by atoms with Crippen LogP contribution in [0.3, 0.4) is 0 Å². The summed E-state index contributed by atoms with van der Waals surface area (Å²) in [7, 11) is 0. The number of nitrogens with zero attached hydrogens (tertiary/aromatic N) is 1. The van der Waals surface area contributed by atoms with E-state index < -0.39 is 11.9 Å². The van der Waals surface area contributed by atoms with Gasteiger partial charge in [0.15, 0.2) is 0 Å². The minimum Gasteiger partial charge on any atom is -0.478 e. The van der Waals surface area contributed by atoms with Crippen LogP contribution in [0.4, 0.5) is 5.69 Å². The van der Waals surface area contributed by atoms with Crippen molar-refractivity contribution >= 4 is 46.8 Å². The number of rotatable bonds is 5. The maximum Gasteiger partial charge on any atom is 0.337 e. The number of benzene rings is 2. The normalized spacial score (nSPS) is 11.0. The number of carbonyl (C=O) groups is 2. The molecule has 0 aliphatic heterocycles. The number of nitriles is 1. The van der Waals surface area contributed by atoms with Crippen molar-refractivity contribution < 1.29 is 19.1 Å². The number of anilines is 1. The van der Waals surface area contributed by atoms with Crippen LogP contribution in [0, 0.1) is 11.3 Å². The molecule has 3 aromatic rings. The van der Waals surface area contributed by atoms with Gasteiger partial charge in [0.2, 0.25) is 0 Å². The minimum atomic E-state index is -1.13. The van der Waals surface area contributed by atoms with Gasteiger partial charge in [0.1, 0.15) is 23.2 Å². The van der Waals surface area contributed by atoms with E-state index in [1.807, 2.05) is 6.07 Å². The van der Waals surface area contributed by atoms with Gasteiger partial charge in [-0.2, -0.15) is 5.26 Å². The Hall–Kier alpha value is -3.53. The Bertz CT molecular complexity index is 1160. The molecular formula is C21H12Cl2N2O4. The molecule has 0 aliphatic carbocycles. The second-order valence-electron chi connectivity index (χ2n) is 5.83. The zero-order valence-corrected chi connectivity index (χ0v) is 16.2. The van der Waals surface area contributed by atoms with Crippen molar-refractivity contribution in [1.29, 1.82) is 5.26 Å². The molecule has 0 unspecified atom stereocenters. The Morgan fingerprint density at radius 2 is 1.79 bits per heavy atom. The summed E-state index contributed by atoms with van der Waals surface area (Å²) in [5.74, 6) is -1.04. The van der Waals surface area contributed by atoms with Gasteiger partial charge in [-0.05, 0) is 48.5 Å². The fraction of sp³-hybridized carbons (Fsp3) is 0. The molecule has 8 heteroatoms. The molecule has 0 fully saturated rings. The molecule has 6 nitrogen and oxygen atoms in total. The third-order valence-electron chi connectivity index (χ3n) is 3.86. The second kappa shape index (κ2) is 8.65. The number of carboxylic acids is 1. The van der Waals surface area contributed by atoms with Crippen molar-refractivity contribution in [3.8, 4) is 17.4 Å². The van der Waals surface area contributed by atoms with E-state index in [2.05, 4.69) is 5.32 Å². The van der Waals surface area contributed by atoms with Crippen molar-refractivity contribution in [3.05, 3.63) is 81.5 Å². The molecule has 2 N–H and O–H groups in total. The molecule has 144 valence electrons. The quantitative estimate of drug-likeness (QED) is 0.414. The first-order chi connectivity index (χ1) is 13.9. The number of carbonyl (C=O) groups excluding carboxylic acids is 1. The van der Waals surface area contributed by atoms with Crippen LogP contribution >= 0.6 is 23.2 Å². The van der Waals surface area contributed by atoms with Gasteiger partial charge in [-0.1, -0.05) is 29.3 Å². The number of hydrogen-bond acceptors (Lipinski definition) is 4. The highest BCUT2D eigenvalue weighted by Crippen LogP contribution is 2.28. The monoisotopic (exact) mass is 426 g/mol. The summed E-state index contributed by atoms with van der Waals surface area (Å²) in [6, 6.07) is 15.9. The standard InChI is InChI=1S/C21H12Cl2N2O4/c22-14-2-4-15(5-3-14)25-20(26)13(11-24)9-16-6-8-19(29-16)12-1-7-17(21(27)28)18(23)10-12/h1-10H,(H,25,26)(H,27,28). The number of hydrogen-bond donors (Lipinski definition) is 2. The Morgan fingerprint density at radius 1 is 1.07 bits per heavy atom. The van der Waals surface area contributed by atoms with E-state index in [1.54, 1.807) is 42.5 Å². The molecule has 0 saturated heterocycles. The number of carboxylic acid groups (broad SMARTS) is 1. The Morgan fingerprint density at radius 3 is 2.41 bits per heavy atom. The first kappa shape index (κ1) is 20.2. The summed E-state index contributed by atoms with van der Waals surface area (Å²) >= 11 is 11.8. The van der Waals surface area contributed by atoms with Crippen LogP contribution in [0.2, 0.25) is 10.0 Å². The largest absolute Gasteiger partial charge is 0.478 e. The van der Waals surface area contributed by atoms with Gasteiger partial charge < -0.3 is 14.8 Å². The first-order valence-electron chi connectivity index (χ1n) is 8.19. The van der Waals surface area contributed by atoms with E-state index in [-0.39, 0.29) is 21.9 Å². The Balaban J connectivity index is 1.81. The topological polar surface area (TPSA) is 103 Å². The molecular weight excluding hydrogens is 415 g/mol. The molecule has 1 aromatic heterocycles. The predicted molar refractivity (Wildman–Crippen MR) is 110 cm³/mol. The molecule has 0 spiro atoms. The van der Waals surface area contributed by atoms with Crippen molar-refractivity contribution in [3.63, 3.8) is 0 Å². The molecule has 0 bridgehead atoms. The van der Waals surface area contributed by atoms with E-state index in [4.69, 9.17) is 32.7 Å². The SMILES string of the molecule is N#CC(=Cc1ccc(-c2ccc(C(=O)O)c(Cl)c2)o1)C(=O)Nc1ccc(Cl)cc1. The summed E-state index contributed by atoms with van der Waals surface area (Å²) in [6.45, 7) is 0.